The number of rotatable bonds is 6. The van der Waals surface area contributed by atoms with E-state index in [1.165, 1.54) is 0 Å². The molecule has 0 radical (unpaired) electrons. The van der Waals surface area contributed by atoms with Gasteiger partial charge in [-0.3, -0.25) is 4.79 Å². The van der Waals surface area contributed by atoms with Crippen molar-refractivity contribution in [2.45, 2.75) is 19.9 Å². The van der Waals surface area contributed by atoms with E-state index in [0.29, 0.717) is 18.1 Å². The van der Waals surface area contributed by atoms with E-state index in [4.69, 9.17) is 22.7 Å². The van der Waals surface area contributed by atoms with E-state index in [-0.39, 0.29) is 5.56 Å². The van der Waals surface area contributed by atoms with Crippen molar-refractivity contribution >= 4 is 17.2 Å². The highest BCUT2D eigenvalue weighted by Crippen LogP contribution is 2.12. The number of nitrogens with zero attached hydrogens (tertiary/aromatic N) is 1. The Hall–Kier alpha value is -2.14. The second-order valence-electron chi connectivity index (χ2n) is 4.75. The van der Waals surface area contributed by atoms with Gasteiger partial charge in [0.05, 0.1) is 6.61 Å². The van der Waals surface area contributed by atoms with Crippen LogP contribution in [0.25, 0.3) is 0 Å². The Labute approximate surface area is 129 Å². The Bertz CT molecular complexity index is 677. The van der Waals surface area contributed by atoms with Crippen LogP contribution in [0.15, 0.2) is 47.3 Å². The molecule has 0 unspecified atom stereocenters. The van der Waals surface area contributed by atoms with E-state index in [1.807, 2.05) is 37.3 Å². The summed E-state index contributed by atoms with van der Waals surface area (Å²) in [6, 6.07) is 12.6. The summed E-state index contributed by atoms with van der Waals surface area (Å²) in [5, 5.41) is 0. The molecule has 0 saturated heterocycles. The molecule has 1 heterocycles. The summed E-state index contributed by atoms with van der Waals surface area (Å²) in [5.74, 6) is 0.770. The molecule has 0 aliphatic heterocycles. The van der Waals surface area contributed by atoms with Gasteiger partial charge in [0.1, 0.15) is 10.7 Å². The fourth-order valence-electron chi connectivity index (χ4n) is 2.04. The summed E-state index contributed by atoms with van der Waals surface area (Å²) >= 11 is 4.89. The number of hydrogen-bond donors (Lipinski definition) is 1. The second-order valence-corrected chi connectivity index (χ2v) is 5.19. The van der Waals surface area contributed by atoms with Gasteiger partial charge in [-0.15, -0.1) is 0 Å². The van der Waals surface area contributed by atoms with Crippen molar-refractivity contribution in [2.75, 3.05) is 6.61 Å². The second kappa shape index (κ2) is 7.04. The molecule has 1 aromatic carbocycles. The van der Waals surface area contributed by atoms with Crippen molar-refractivity contribution < 1.29 is 4.74 Å². The molecule has 5 heteroatoms. The van der Waals surface area contributed by atoms with Crippen molar-refractivity contribution in [3.05, 3.63) is 64.1 Å². The zero-order valence-corrected chi connectivity index (χ0v) is 12.7. The number of thiocarbonyl (C=S) groups is 1. The Balaban J connectivity index is 1.85. The third kappa shape index (κ3) is 4.16. The third-order valence-electron chi connectivity index (χ3n) is 3.20. The molecule has 110 valence electrons. The largest absolute Gasteiger partial charge is 0.494 e. The van der Waals surface area contributed by atoms with Crippen molar-refractivity contribution in [3.63, 3.8) is 0 Å². The highest BCUT2D eigenvalue weighted by Gasteiger charge is 2.00. The summed E-state index contributed by atoms with van der Waals surface area (Å²) in [4.78, 5) is 12.1. The van der Waals surface area contributed by atoms with Crippen LogP contribution in [0.3, 0.4) is 0 Å². The standard InChI is InChI=1S/C16H18N2O2S/c1-12-4-2-5-15(19)18(12)10-3-11-20-14-8-6-13(7-9-14)16(17)21/h2,4-9H,3,10-11H2,1H3,(H2,17,21). The molecule has 0 aliphatic rings. The molecule has 0 saturated carbocycles. The van der Waals surface area contributed by atoms with Crippen molar-refractivity contribution in [2.24, 2.45) is 5.73 Å². The number of aromatic nitrogens is 1. The van der Waals surface area contributed by atoms with Crippen LogP contribution in [0.2, 0.25) is 0 Å². The Morgan fingerprint density at radius 2 is 1.95 bits per heavy atom. The SMILES string of the molecule is Cc1cccc(=O)n1CCCOc1ccc(C(N)=S)cc1. The molecule has 0 atom stereocenters. The number of nitrogens with two attached hydrogens (primary N) is 1. The van der Waals surface area contributed by atoms with Gasteiger partial charge in [-0.2, -0.15) is 0 Å². The lowest BCUT2D eigenvalue weighted by atomic mass is 10.2. The number of pyridine rings is 1. The average molecular weight is 302 g/mol. The predicted octanol–water partition coefficient (Wildman–Crippen LogP) is 2.26. The zero-order chi connectivity index (χ0) is 15.2. The fraction of sp³-hybridized carbons (Fsp3) is 0.250. The Kier molecular flexibility index (Phi) is 5.11. The van der Waals surface area contributed by atoms with Crippen LogP contribution in [0.1, 0.15) is 17.7 Å². The maximum absolute atomic E-state index is 11.7. The molecular formula is C16H18N2O2S. The summed E-state index contributed by atoms with van der Waals surface area (Å²) < 4.78 is 7.39. The van der Waals surface area contributed by atoms with Gasteiger partial charge < -0.3 is 15.0 Å². The van der Waals surface area contributed by atoms with Crippen LogP contribution in [-0.4, -0.2) is 16.2 Å². The van der Waals surface area contributed by atoms with Crippen LogP contribution in [0.5, 0.6) is 5.75 Å². The Morgan fingerprint density at radius 1 is 1.24 bits per heavy atom. The van der Waals surface area contributed by atoms with Gasteiger partial charge in [0.15, 0.2) is 0 Å². The van der Waals surface area contributed by atoms with Crippen molar-refractivity contribution in [1.29, 1.82) is 0 Å². The first-order valence-corrected chi connectivity index (χ1v) is 7.18. The molecule has 0 aliphatic carbocycles. The predicted molar refractivity (Wildman–Crippen MR) is 87.9 cm³/mol. The molecule has 2 aromatic rings. The first-order chi connectivity index (χ1) is 10.1. The topological polar surface area (TPSA) is 57.2 Å². The highest BCUT2D eigenvalue weighted by molar-refractivity contribution is 7.80. The van der Waals surface area contributed by atoms with E-state index < -0.39 is 0 Å². The molecule has 0 amide bonds. The molecule has 21 heavy (non-hydrogen) atoms. The molecule has 0 fully saturated rings. The number of ether oxygens (including phenoxy) is 1. The maximum atomic E-state index is 11.7. The maximum Gasteiger partial charge on any atom is 0.250 e. The monoisotopic (exact) mass is 302 g/mol. The van der Waals surface area contributed by atoms with Crippen molar-refractivity contribution in [1.82, 2.24) is 4.57 Å². The lowest BCUT2D eigenvalue weighted by molar-refractivity contribution is 0.300. The molecular weight excluding hydrogens is 284 g/mol. The van der Waals surface area contributed by atoms with Crippen LogP contribution < -0.4 is 16.0 Å². The molecule has 0 bridgehead atoms. The average Bonchev–Trinajstić information content (AvgIpc) is 2.46. The van der Waals surface area contributed by atoms with E-state index >= 15 is 0 Å². The molecule has 0 spiro atoms. The van der Waals surface area contributed by atoms with Crippen LogP contribution in [-0.2, 0) is 6.54 Å². The van der Waals surface area contributed by atoms with E-state index in [9.17, 15) is 4.79 Å². The first-order valence-electron chi connectivity index (χ1n) is 6.77. The van der Waals surface area contributed by atoms with Crippen LogP contribution in [0, 0.1) is 6.92 Å². The molecule has 4 nitrogen and oxygen atoms in total. The first kappa shape index (κ1) is 15.3. The molecule has 2 rings (SSSR count). The summed E-state index contributed by atoms with van der Waals surface area (Å²) in [7, 11) is 0. The summed E-state index contributed by atoms with van der Waals surface area (Å²) in [5.41, 5.74) is 7.34. The highest BCUT2D eigenvalue weighted by atomic mass is 32.1. The molecule has 1 aromatic heterocycles. The smallest absolute Gasteiger partial charge is 0.250 e. The van der Waals surface area contributed by atoms with Crippen molar-refractivity contribution in [3.8, 4) is 5.75 Å². The fourth-order valence-corrected chi connectivity index (χ4v) is 2.17. The van der Waals surface area contributed by atoms with E-state index in [0.717, 1.165) is 23.4 Å². The normalized spacial score (nSPS) is 10.3. The van der Waals surface area contributed by atoms with Gasteiger partial charge in [0.2, 0.25) is 0 Å². The third-order valence-corrected chi connectivity index (χ3v) is 3.44. The van der Waals surface area contributed by atoms with Gasteiger partial charge in [0.25, 0.3) is 5.56 Å². The zero-order valence-electron chi connectivity index (χ0n) is 11.9. The minimum Gasteiger partial charge on any atom is -0.494 e. The van der Waals surface area contributed by atoms with Gasteiger partial charge in [-0.1, -0.05) is 18.3 Å². The van der Waals surface area contributed by atoms with Gasteiger partial charge in [-0.25, -0.2) is 0 Å². The van der Waals surface area contributed by atoms with E-state index in [1.54, 1.807) is 16.7 Å². The quantitative estimate of drug-likeness (QED) is 0.657. The minimum atomic E-state index is 0.0239. The lowest BCUT2D eigenvalue weighted by Gasteiger charge is -2.10. The summed E-state index contributed by atoms with van der Waals surface area (Å²) in [6.45, 7) is 3.13. The Morgan fingerprint density at radius 3 is 2.57 bits per heavy atom. The lowest BCUT2D eigenvalue weighted by Crippen LogP contribution is -2.21. The van der Waals surface area contributed by atoms with Gasteiger partial charge >= 0.3 is 0 Å². The number of hydrogen-bond acceptors (Lipinski definition) is 3. The van der Waals surface area contributed by atoms with Gasteiger partial charge in [-0.05, 0) is 43.7 Å². The summed E-state index contributed by atoms with van der Waals surface area (Å²) in [6.07, 6.45) is 0.766. The number of benzene rings is 1. The van der Waals surface area contributed by atoms with Gasteiger partial charge in [0, 0.05) is 23.9 Å². The van der Waals surface area contributed by atoms with Crippen LogP contribution >= 0.6 is 12.2 Å². The number of aryl methyl sites for hydroxylation is 1. The van der Waals surface area contributed by atoms with Crippen LogP contribution in [0.4, 0.5) is 0 Å². The van der Waals surface area contributed by atoms with E-state index in [2.05, 4.69) is 0 Å². The molecule has 2 N–H and O–H groups in total. The minimum absolute atomic E-state index is 0.0239.